The molecule has 1 aromatic rings. The van der Waals surface area contributed by atoms with Crippen molar-refractivity contribution >= 4 is 17.3 Å². The molecule has 0 radical (unpaired) electrons. The molecule has 0 aromatic heterocycles. The summed E-state index contributed by atoms with van der Waals surface area (Å²) < 4.78 is 5.49. The van der Waals surface area contributed by atoms with E-state index in [1.54, 1.807) is 12.1 Å². The third-order valence-corrected chi connectivity index (χ3v) is 6.41. The van der Waals surface area contributed by atoms with E-state index in [-0.39, 0.29) is 22.7 Å². The molecule has 6 heteroatoms. The summed E-state index contributed by atoms with van der Waals surface area (Å²) in [6, 6.07) is 4.70. The predicted molar refractivity (Wildman–Crippen MR) is 98.1 cm³/mol. The van der Waals surface area contributed by atoms with Crippen molar-refractivity contribution in [3.05, 3.63) is 28.3 Å². The first kappa shape index (κ1) is 17.3. The predicted octanol–water partition coefficient (Wildman–Crippen LogP) is 4.54. The molecule has 6 nitrogen and oxygen atoms in total. The van der Waals surface area contributed by atoms with E-state index in [9.17, 15) is 14.9 Å². The highest BCUT2D eigenvalue weighted by atomic mass is 16.6. The van der Waals surface area contributed by atoms with E-state index in [1.165, 1.54) is 25.3 Å². The van der Waals surface area contributed by atoms with Crippen LogP contribution in [0.5, 0.6) is 5.75 Å². The van der Waals surface area contributed by atoms with Gasteiger partial charge in [-0.3, -0.25) is 14.9 Å². The molecule has 26 heavy (non-hydrogen) atoms. The number of benzene rings is 1. The molecule has 4 saturated carbocycles. The van der Waals surface area contributed by atoms with Gasteiger partial charge in [-0.1, -0.05) is 6.92 Å². The number of nitrogens with zero attached hydrogens (tertiary/aromatic N) is 1. The van der Waals surface area contributed by atoms with Crippen LogP contribution >= 0.6 is 0 Å². The van der Waals surface area contributed by atoms with Crippen LogP contribution in [0.25, 0.3) is 0 Å². The van der Waals surface area contributed by atoms with Gasteiger partial charge in [0.05, 0.1) is 23.0 Å². The second kappa shape index (κ2) is 6.56. The lowest BCUT2D eigenvalue weighted by atomic mass is 9.49. The Hall–Kier alpha value is -2.11. The molecule has 0 spiro atoms. The van der Waals surface area contributed by atoms with Crippen molar-refractivity contribution in [1.29, 1.82) is 0 Å². The van der Waals surface area contributed by atoms with Gasteiger partial charge in [0.2, 0.25) is 5.91 Å². The Balaban J connectivity index is 1.55. The summed E-state index contributed by atoms with van der Waals surface area (Å²) >= 11 is 0. The van der Waals surface area contributed by atoms with Gasteiger partial charge in [0.15, 0.2) is 0 Å². The highest BCUT2D eigenvalue weighted by Crippen LogP contribution is 2.60. The topological polar surface area (TPSA) is 81.5 Å². The number of rotatable bonds is 6. The number of hydrogen-bond acceptors (Lipinski definition) is 4. The van der Waals surface area contributed by atoms with Crippen molar-refractivity contribution in [2.24, 2.45) is 23.2 Å². The van der Waals surface area contributed by atoms with Crippen molar-refractivity contribution in [2.75, 3.05) is 11.9 Å². The van der Waals surface area contributed by atoms with E-state index >= 15 is 0 Å². The number of carbonyl (C=O) groups excluding carboxylic acids is 1. The van der Waals surface area contributed by atoms with Gasteiger partial charge in [-0.15, -0.1) is 0 Å². The lowest BCUT2D eigenvalue weighted by molar-refractivity contribution is -0.384. The fourth-order valence-electron chi connectivity index (χ4n) is 5.72. The van der Waals surface area contributed by atoms with Gasteiger partial charge >= 0.3 is 0 Å². The summed E-state index contributed by atoms with van der Waals surface area (Å²) in [6.45, 7) is 2.49. The van der Waals surface area contributed by atoms with Crippen molar-refractivity contribution in [1.82, 2.24) is 0 Å². The van der Waals surface area contributed by atoms with Gasteiger partial charge in [-0.25, -0.2) is 0 Å². The van der Waals surface area contributed by atoms with Gasteiger partial charge in [0.1, 0.15) is 11.4 Å². The van der Waals surface area contributed by atoms with E-state index in [4.69, 9.17) is 4.74 Å². The molecule has 4 fully saturated rings. The number of anilines is 1. The molecule has 0 unspecified atom stereocenters. The second-order valence-corrected chi connectivity index (χ2v) is 8.44. The van der Waals surface area contributed by atoms with Crippen LogP contribution in [-0.2, 0) is 4.79 Å². The van der Waals surface area contributed by atoms with Crippen LogP contribution in [0.2, 0.25) is 0 Å². The summed E-state index contributed by atoms with van der Waals surface area (Å²) in [7, 11) is 0. The molecule has 4 aliphatic rings. The number of amides is 1. The summed E-state index contributed by atoms with van der Waals surface area (Å²) in [5.41, 5.74) is -0.142. The quantitative estimate of drug-likeness (QED) is 0.598. The largest absolute Gasteiger partial charge is 0.493 e. The Labute approximate surface area is 153 Å². The van der Waals surface area contributed by atoms with Crippen molar-refractivity contribution < 1.29 is 14.5 Å². The summed E-state index contributed by atoms with van der Waals surface area (Å²) in [5, 5.41) is 14.4. The standard InChI is InChI=1S/C20H26N2O4/c1-2-5-26-16-3-4-17(18(9-16)22(24)25)21-19(23)20-10-13-6-14(11-20)8-15(7-13)12-20/h3-4,9,13-15H,2,5-8,10-12H2,1H3,(H,21,23). The molecule has 140 valence electrons. The van der Waals surface area contributed by atoms with E-state index < -0.39 is 4.92 Å². The molecule has 0 heterocycles. The maximum Gasteiger partial charge on any atom is 0.296 e. The Bertz CT molecular complexity index is 695. The average molecular weight is 358 g/mol. The molecule has 1 aromatic carbocycles. The molecule has 0 atom stereocenters. The fraction of sp³-hybridized carbons (Fsp3) is 0.650. The van der Waals surface area contributed by atoms with E-state index in [0.717, 1.165) is 25.7 Å². The normalized spacial score (nSPS) is 31.7. The minimum atomic E-state index is -0.450. The van der Waals surface area contributed by atoms with Crippen LogP contribution in [-0.4, -0.2) is 17.4 Å². The Kier molecular flexibility index (Phi) is 4.37. The molecule has 1 amide bonds. The molecular formula is C20H26N2O4. The zero-order valence-corrected chi connectivity index (χ0v) is 15.2. The maximum atomic E-state index is 13.1. The number of nitrogens with one attached hydrogen (secondary N) is 1. The highest BCUT2D eigenvalue weighted by Gasteiger charge is 2.54. The van der Waals surface area contributed by atoms with Crippen LogP contribution in [0.15, 0.2) is 18.2 Å². The monoisotopic (exact) mass is 358 g/mol. The molecule has 5 rings (SSSR count). The van der Waals surface area contributed by atoms with Gasteiger partial charge in [0, 0.05) is 0 Å². The third kappa shape index (κ3) is 3.06. The van der Waals surface area contributed by atoms with E-state index in [2.05, 4.69) is 5.32 Å². The number of carbonyl (C=O) groups is 1. The van der Waals surface area contributed by atoms with Crippen molar-refractivity contribution in [3.63, 3.8) is 0 Å². The van der Waals surface area contributed by atoms with Gasteiger partial charge in [-0.05, 0) is 74.8 Å². The minimum absolute atomic E-state index is 0.0260. The number of nitro benzene ring substituents is 1. The summed E-state index contributed by atoms with van der Waals surface area (Å²) in [5.74, 6) is 2.42. The van der Waals surface area contributed by atoms with Crippen molar-refractivity contribution in [2.45, 2.75) is 51.9 Å². The third-order valence-electron chi connectivity index (χ3n) is 6.41. The molecule has 4 bridgehead atoms. The highest BCUT2D eigenvalue weighted by molar-refractivity contribution is 5.97. The minimum Gasteiger partial charge on any atom is -0.493 e. The van der Waals surface area contributed by atoms with Gasteiger partial charge in [0.25, 0.3) is 5.69 Å². The van der Waals surface area contributed by atoms with E-state index in [0.29, 0.717) is 30.1 Å². The van der Waals surface area contributed by atoms with Crippen LogP contribution in [0.1, 0.15) is 51.9 Å². The summed E-state index contributed by atoms with van der Waals surface area (Å²) in [4.78, 5) is 24.2. The van der Waals surface area contributed by atoms with Crippen LogP contribution in [0.4, 0.5) is 11.4 Å². The maximum absolute atomic E-state index is 13.1. The first-order valence-electron chi connectivity index (χ1n) is 9.72. The first-order valence-corrected chi connectivity index (χ1v) is 9.72. The Morgan fingerprint density at radius 2 is 1.85 bits per heavy atom. The molecular weight excluding hydrogens is 332 g/mol. The van der Waals surface area contributed by atoms with Crippen LogP contribution < -0.4 is 10.1 Å². The molecule has 0 saturated heterocycles. The van der Waals surface area contributed by atoms with Crippen LogP contribution in [0, 0.1) is 33.3 Å². The molecule has 4 aliphatic carbocycles. The van der Waals surface area contributed by atoms with Crippen molar-refractivity contribution in [3.8, 4) is 5.75 Å². The van der Waals surface area contributed by atoms with Crippen LogP contribution in [0.3, 0.4) is 0 Å². The SMILES string of the molecule is CCCOc1ccc(NC(=O)C23CC4CC(CC(C4)C2)C3)c([N+](=O)[O-])c1. The lowest BCUT2D eigenvalue weighted by Crippen LogP contribution is -2.51. The zero-order valence-electron chi connectivity index (χ0n) is 15.2. The van der Waals surface area contributed by atoms with Gasteiger partial charge < -0.3 is 10.1 Å². The van der Waals surface area contributed by atoms with Gasteiger partial charge in [-0.2, -0.15) is 0 Å². The summed E-state index contributed by atoms with van der Waals surface area (Å²) in [6.07, 6.45) is 7.43. The molecule has 1 N–H and O–H groups in total. The number of nitro groups is 1. The number of hydrogen-bond donors (Lipinski definition) is 1. The Morgan fingerprint density at radius 1 is 1.23 bits per heavy atom. The number of ether oxygens (including phenoxy) is 1. The average Bonchev–Trinajstić information content (AvgIpc) is 2.59. The Morgan fingerprint density at radius 3 is 2.38 bits per heavy atom. The zero-order chi connectivity index (χ0) is 18.3. The lowest BCUT2D eigenvalue weighted by Gasteiger charge is -2.55. The second-order valence-electron chi connectivity index (χ2n) is 8.44. The first-order chi connectivity index (χ1) is 12.5. The van der Waals surface area contributed by atoms with E-state index in [1.807, 2.05) is 6.92 Å². The smallest absolute Gasteiger partial charge is 0.296 e. The molecule has 0 aliphatic heterocycles. The fourth-order valence-corrected chi connectivity index (χ4v) is 5.72.